The second-order valence-corrected chi connectivity index (χ2v) is 8.65. The zero-order chi connectivity index (χ0) is 15.3. The standard InChI is InChI=1S/C14H24N2O3S2/c1-3-8-15-9-6-13-4-5-14(20-13)21(17,18)16(2)12-7-10-19-11-12/h4-5,12,15H,3,6-11H2,1-2H3. The van der Waals surface area contributed by atoms with Gasteiger partial charge in [0.15, 0.2) is 0 Å². The van der Waals surface area contributed by atoms with Crippen LogP contribution in [0.15, 0.2) is 16.3 Å². The average molecular weight is 332 g/mol. The Hall–Kier alpha value is -0.470. The van der Waals surface area contributed by atoms with E-state index in [2.05, 4.69) is 12.2 Å². The molecule has 7 heteroatoms. The number of nitrogens with one attached hydrogen (secondary N) is 1. The van der Waals surface area contributed by atoms with Crippen LogP contribution >= 0.6 is 11.3 Å². The summed E-state index contributed by atoms with van der Waals surface area (Å²) >= 11 is 1.37. The zero-order valence-electron chi connectivity index (χ0n) is 12.7. The van der Waals surface area contributed by atoms with Crippen molar-refractivity contribution >= 4 is 21.4 Å². The molecule has 1 fully saturated rings. The lowest BCUT2D eigenvalue weighted by molar-refractivity contribution is 0.181. The van der Waals surface area contributed by atoms with Crippen LogP contribution in [0.3, 0.4) is 0 Å². The molecule has 1 unspecified atom stereocenters. The molecule has 5 nitrogen and oxygen atoms in total. The van der Waals surface area contributed by atoms with Crippen LogP contribution in [0.5, 0.6) is 0 Å². The molecule has 1 aliphatic heterocycles. The molecule has 21 heavy (non-hydrogen) atoms. The molecule has 0 bridgehead atoms. The van der Waals surface area contributed by atoms with Gasteiger partial charge in [0.05, 0.1) is 12.6 Å². The topological polar surface area (TPSA) is 58.6 Å². The summed E-state index contributed by atoms with van der Waals surface area (Å²) in [7, 11) is -1.74. The van der Waals surface area contributed by atoms with Gasteiger partial charge in [0.25, 0.3) is 10.0 Å². The summed E-state index contributed by atoms with van der Waals surface area (Å²) < 4.78 is 32.3. The van der Waals surface area contributed by atoms with Crippen molar-refractivity contribution in [3.8, 4) is 0 Å². The predicted octanol–water partition coefficient (Wildman–Crippen LogP) is 1.70. The minimum absolute atomic E-state index is 0.0354. The molecule has 1 saturated heterocycles. The molecule has 0 aliphatic carbocycles. The van der Waals surface area contributed by atoms with Gasteiger partial charge in [0, 0.05) is 18.5 Å². The van der Waals surface area contributed by atoms with Gasteiger partial charge in [-0.15, -0.1) is 11.3 Å². The van der Waals surface area contributed by atoms with Crippen LogP contribution in [0.4, 0.5) is 0 Å². The molecule has 1 N–H and O–H groups in total. The van der Waals surface area contributed by atoms with Crippen LogP contribution in [-0.4, -0.2) is 52.1 Å². The second kappa shape index (κ2) is 7.69. The van der Waals surface area contributed by atoms with E-state index in [1.807, 2.05) is 6.07 Å². The fourth-order valence-corrected chi connectivity index (χ4v) is 5.20. The molecule has 0 saturated carbocycles. The highest BCUT2D eigenvalue weighted by Crippen LogP contribution is 2.27. The lowest BCUT2D eigenvalue weighted by Gasteiger charge is -2.21. The largest absolute Gasteiger partial charge is 0.380 e. The number of hydrogen-bond acceptors (Lipinski definition) is 5. The Balaban J connectivity index is 1.98. The van der Waals surface area contributed by atoms with Crippen LogP contribution in [-0.2, 0) is 21.2 Å². The molecule has 1 aromatic rings. The first-order valence-corrected chi connectivity index (χ1v) is 9.66. The van der Waals surface area contributed by atoms with Crippen molar-refractivity contribution in [3.63, 3.8) is 0 Å². The average Bonchev–Trinajstić information content (AvgIpc) is 3.14. The van der Waals surface area contributed by atoms with Crippen molar-refractivity contribution in [2.45, 2.75) is 36.4 Å². The Bertz CT molecular complexity index is 536. The van der Waals surface area contributed by atoms with Crippen LogP contribution in [0.1, 0.15) is 24.6 Å². The Morgan fingerprint density at radius 1 is 1.43 bits per heavy atom. The Morgan fingerprint density at radius 2 is 2.24 bits per heavy atom. The highest BCUT2D eigenvalue weighted by atomic mass is 32.2. The van der Waals surface area contributed by atoms with Gasteiger partial charge in [0.2, 0.25) is 0 Å². The Kier molecular flexibility index (Phi) is 6.19. The van der Waals surface area contributed by atoms with Crippen molar-refractivity contribution in [3.05, 3.63) is 17.0 Å². The van der Waals surface area contributed by atoms with E-state index in [0.717, 1.165) is 37.2 Å². The summed E-state index contributed by atoms with van der Waals surface area (Å²) in [5.41, 5.74) is 0. The van der Waals surface area contributed by atoms with Crippen molar-refractivity contribution in [2.75, 3.05) is 33.4 Å². The summed E-state index contributed by atoms with van der Waals surface area (Å²) in [5, 5.41) is 3.33. The quantitative estimate of drug-likeness (QED) is 0.736. The minimum atomic E-state index is -3.39. The number of rotatable bonds is 8. The monoisotopic (exact) mass is 332 g/mol. The molecule has 0 aromatic carbocycles. The number of ether oxygens (including phenoxy) is 1. The normalized spacial score (nSPS) is 19.5. The van der Waals surface area contributed by atoms with Gasteiger partial charge in [-0.1, -0.05) is 6.92 Å². The van der Waals surface area contributed by atoms with E-state index in [-0.39, 0.29) is 6.04 Å². The van der Waals surface area contributed by atoms with E-state index in [1.54, 1.807) is 13.1 Å². The first-order valence-electron chi connectivity index (χ1n) is 7.41. The fourth-order valence-electron chi connectivity index (χ4n) is 2.29. The van der Waals surface area contributed by atoms with Gasteiger partial charge in [-0.05, 0) is 44.5 Å². The molecule has 2 rings (SSSR count). The summed E-state index contributed by atoms with van der Waals surface area (Å²) in [6, 6.07) is 3.61. The maximum absolute atomic E-state index is 12.6. The first-order chi connectivity index (χ1) is 10.1. The summed E-state index contributed by atoms with van der Waals surface area (Å²) in [6.45, 7) is 5.16. The number of likely N-dealkylation sites (N-methyl/N-ethyl adjacent to an activating group) is 1. The summed E-state index contributed by atoms with van der Waals surface area (Å²) in [5.74, 6) is 0. The van der Waals surface area contributed by atoms with Gasteiger partial charge < -0.3 is 10.1 Å². The van der Waals surface area contributed by atoms with Gasteiger partial charge >= 0.3 is 0 Å². The van der Waals surface area contributed by atoms with E-state index >= 15 is 0 Å². The fraction of sp³-hybridized carbons (Fsp3) is 0.714. The lowest BCUT2D eigenvalue weighted by Crippen LogP contribution is -2.36. The van der Waals surface area contributed by atoms with Crippen LogP contribution in [0.2, 0.25) is 0 Å². The molecule has 2 heterocycles. The van der Waals surface area contributed by atoms with E-state index in [1.165, 1.54) is 15.6 Å². The van der Waals surface area contributed by atoms with Crippen LogP contribution in [0, 0.1) is 0 Å². The molecule has 120 valence electrons. The van der Waals surface area contributed by atoms with E-state index in [9.17, 15) is 8.42 Å². The zero-order valence-corrected chi connectivity index (χ0v) is 14.3. The smallest absolute Gasteiger partial charge is 0.252 e. The first kappa shape index (κ1) is 16.9. The Morgan fingerprint density at radius 3 is 2.90 bits per heavy atom. The van der Waals surface area contributed by atoms with E-state index < -0.39 is 10.0 Å². The third kappa shape index (κ3) is 4.26. The van der Waals surface area contributed by atoms with E-state index in [4.69, 9.17) is 4.74 Å². The van der Waals surface area contributed by atoms with Crippen molar-refractivity contribution < 1.29 is 13.2 Å². The lowest BCUT2D eigenvalue weighted by atomic mass is 10.3. The van der Waals surface area contributed by atoms with Crippen molar-refractivity contribution in [1.29, 1.82) is 0 Å². The predicted molar refractivity (Wildman–Crippen MR) is 85.4 cm³/mol. The Labute approximate surface area is 131 Å². The van der Waals surface area contributed by atoms with Crippen molar-refractivity contribution in [2.24, 2.45) is 0 Å². The number of hydrogen-bond donors (Lipinski definition) is 1. The summed E-state index contributed by atoms with van der Waals surface area (Å²) in [6.07, 6.45) is 2.75. The molecule has 0 radical (unpaired) electrons. The highest BCUT2D eigenvalue weighted by molar-refractivity contribution is 7.91. The molecule has 1 atom stereocenters. The van der Waals surface area contributed by atoms with E-state index in [0.29, 0.717) is 17.4 Å². The third-order valence-electron chi connectivity index (χ3n) is 3.67. The minimum Gasteiger partial charge on any atom is -0.380 e. The summed E-state index contributed by atoms with van der Waals surface area (Å²) in [4.78, 5) is 1.10. The van der Waals surface area contributed by atoms with Crippen LogP contribution in [0.25, 0.3) is 0 Å². The third-order valence-corrected chi connectivity index (χ3v) is 7.19. The molecular formula is C14H24N2O3S2. The molecular weight excluding hydrogens is 308 g/mol. The maximum Gasteiger partial charge on any atom is 0.252 e. The number of sulfonamides is 1. The SMILES string of the molecule is CCCNCCc1ccc(S(=O)(=O)N(C)C2CCOC2)s1. The van der Waals surface area contributed by atoms with Crippen LogP contribution < -0.4 is 5.32 Å². The van der Waals surface area contributed by atoms with Gasteiger partial charge in [0.1, 0.15) is 4.21 Å². The molecule has 0 spiro atoms. The number of nitrogens with zero attached hydrogens (tertiary/aromatic N) is 1. The van der Waals surface area contributed by atoms with Crippen molar-refractivity contribution in [1.82, 2.24) is 9.62 Å². The van der Waals surface area contributed by atoms with Gasteiger partial charge in [-0.3, -0.25) is 0 Å². The maximum atomic E-state index is 12.6. The van der Waals surface area contributed by atoms with Gasteiger partial charge in [-0.25, -0.2) is 8.42 Å². The molecule has 1 aliphatic rings. The molecule has 0 amide bonds. The highest BCUT2D eigenvalue weighted by Gasteiger charge is 2.31. The molecule has 1 aromatic heterocycles. The second-order valence-electron chi connectivity index (χ2n) is 5.26. The number of thiophene rings is 1. The van der Waals surface area contributed by atoms with Gasteiger partial charge in [-0.2, -0.15) is 4.31 Å².